The summed E-state index contributed by atoms with van der Waals surface area (Å²) in [5.74, 6) is 0. The van der Waals surface area contributed by atoms with Crippen molar-refractivity contribution in [1.29, 1.82) is 0 Å². The molecule has 0 aromatic heterocycles. The van der Waals surface area contributed by atoms with Crippen molar-refractivity contribution < 1.29 is 0 Å². The number of hydrogen-bond acceptors (Lipinski definition) is 1. The number of fused-ring (bicyclic) bond motifs is 3. The molecular formula is C26H21N. The van der Waals surface area contributed by atoms with E-state index in [4.69, 9.17) is 5.73 Å². The summed E-state index contributed by atoms with van der Waals surface area (Å²) in [5.41, 5.74) is 16.2. The fraction of sp³-hybridized carbons (Fsp3) is 0.115. The molecule has 0 saturated heterocycles. The molecule has 1 atom stereocenters. The van der Waals surface area contributed by atoms with Gasteiger partial charge in [0.05, 0.1) is 5.41 Å². The summed E-state index contributed by atoms with van der Waals surface area (Å²) in [7, 11) is 0. The predicted octanol–water partition coefficient (Wildman–Crippen LogP) is 5.73. The molecular weight excluding hydrogens is 326 g/mol. The van der Waals surface area contributed by atoms with Crippen molar-refractivity contribution in [1.82, 2.24) is 0 Å². The van der Waals surface area contributed by atoms with Crippen LogP contribution in [0.25, 0.3) is 5.57 Å². The number of nitrogens with two attached hydrogens (primary N) is 1. The monoisotopic (exact) mass is 347 g/mol. The Balaban J connectivity index is 2.00. The van der Waals surface area contributed by atoms with E-state index in [-0.39, 0.29) is 10.8 Å². The van der Waals surface area contributed by atoms with Gasteiger partial charge in [0.25, 0.3) is 0 Å². The lowest BCUT2D eigenvalue weighted by Crippen LogP contribution is -2.41. The first-order valence-electron chi connectivity index (χ1n) is 9.34. The second-order valence-corrected chi connectivity index (χ2v) is 7.53. The Bertz CT molecular complexity index is 1080. The fourth-order valence-corrected chi connectivity index (χ4v) is 5.10. The van der Waals surface area contributed by atoms with Crippen LogP contribution in [0.5, 0.6) is 0 Å². The maximum absolute atomic E-state index is 6.19. The van der Waals surface area contributed by atoms with Gasteiger partial charge in [-0.2, -0.15) is 0 Å². The summed E-state index contributed by atoms with van der Waals surface area (Å²) in [6, 6.07) is 28.0. The van der Waals surface area contributed by atoms with Gasteiger partial charge in [-0.1, -0.05) is 78.9 Å². The highest BCUT2D eigenvalue weighted by Crippen LogP contribution is 2.65. The third-order valence-electron chi connectivity index (χ3n) is 6.18. The average Bonchev–Trinajstić information content (AvgIpc) is 2.94. The minimum atomic E-state index is -0.328. The standard InChI is InChI=1S/C26H21N/c1-25-17-9-8-14-23(25)22-18-21(27)15-16-24(22)26(25,19-10-4-2-5-11-19)20-12-6-3-7-13-20/h2-13,15-18H,27H2,1H3. The maximum atomic E-state index is 6.19. The quantitative estimate of drug-likeness (QED) is 0.465. The van der Waals surface area contributed by atoms with Crippen LogP contribution in [0.3, 0.4) is 0 Å². The molecule has 3 aromatic rings. The fourth-order valence-electron chi connectivity index (χ4n) is 5.10. The molecule has 0 aliphatic heterocycles. The van der Waals surface area contributed by atoms with Crippen molar-refractivity contribution in [3.8, 4) is 0 Å². The first-order chi connectivity index (χ1) is 13.2. The van der Waals surface area contributed by atoms with E-state index in [1.807, 2.05) is 12.1 Å². The van der Waals surface area contributed by atoms with Crippen LogP contribution in [0.15, 0.2) is 103 Å². The van der Waals surface area contributed by atoms with E-state index in [1.165, 1.54) is 27.8 Å². The number of rotatable bonds is 2. The zero-order chi connectivity index (χ0) is 18.5. The summed E-state index contributed by atoms with van der Waals surface area (Å²) in [5, 5.41) is 0. The Hall–Kier alpha value is -3.28. The first kappa shape index (κ1) is 15.9. The van der Waals surface area contributed by atoms with Crippen LogP contribution in [0.4, 0.5) is 5.69 Å². The van der Waals surface area contributed by atoms with Gasteiger partial charge in [0.15, 0.2) is 0 Å². The molecule has 27 heavy (non-hydrogen) atoms. The van der Waals surface area contributed by atoms with E-state index in [2.05, 4.69) is 97.6 Å². The van der Waals surface area contributed by atoms with Crippen LogP contribution in [0, 0.1) is 5.41 Å². The van der Waals surface area contributed by atoms with Crippen molar-refractivity contribution in [2.75, 3.05) is 5.73 Å². The van der Waals surface area contributed by atoms with Crippen LogP contribution < -0.4 is 5.73 Å². The van der Waals surface area contributed by atoms with Gasteiger partial charge in [0.2, 0.25) is 0 Å². The lowest BCUT2D eigenvalue weighted by atomic mass is 9.56. The van der Waals surface area contributed by atoms with Crippen LogP contribution in [-0.4, -0.2) is 0 Å². The highest BCUT2D eigenvalue weighted by molar-refractivity contribution is 5.88. The molecule has 1 unspecified atom stereocenters. The lowest BCUT2D eigenvalue weighted by Gasteiger charge is -2.44. The third kappa shape index (κ3) is 1.95. The normalized spacial score (nSPS) is 21.4. The molecule has 3 aromatic carbocycles. The molecule has 1 nitrogen and oxygen atoms in total. The smallest absolute Gasteiger partial charge is 0.0592 e. The summed E-state index contributed by atoms with van der Waals surface area (Å²) in [6.07, 6.45) is 6.46. The predicted molar refractivity (Wildman–Crippen MR) is 112 cm³/mol. The molecule has 0 bridgehead atoms. The molecule has 2 aliphatic rings. The molecule has 1 heteroatoms. The zero-order valence-electron chi connectivity index (χ0n) is 15.3. The van der Waals surface area contributed by atoms with E-state index in [0.29, 0.717) is 0 Å². The van der Waals surface area contributed by atoms with Gasteiger partial charge in [-0.25, -0.2) is 0 Å². The number of nitrogen functional groups attached to an aromatic ring is 1. The Morgan fingerprint density at radius 1 is 0.815 bits per heavy atom. The molecule has 2 N–H and O–H groups in total. The average molecular weight is 347 g/mol. The number of allylic oxidation sites excluding steroid dienone is 3. The number of hydrogen-bond donors (Lipinski definition) is 1. The second-order valence-electron chi connectivity index (χ2n) is 7.53. The highest BCUT2D eigenvalue weighted by atomic mass is 14.6. The minimum Gasteiger partial charge on any atom is -0.399 e. The topological polar surface area (TPSA) is 26.0 Å². The Labute approximate surface area is 160 Å². The van der Waals surface area contributed by atoms with Gasteiger partial charge < -0.3 is 5.73 Å². The molecule has 0 amide bonds. The summed E-state index contributed by atoms with van der Waals surface area (Å²) in [6.45, 7) is 2.33. The van der Waals surface area contributed by atoms with Gasteiger partial charge >= 0.3 is 0 Å². The van der Waals surface area contributed by atoms with Gasteiger partial charge in [-0.05, 0) is 47.4 Å². The van der Waals surface area contributed by atoms with E-state index >= 15 is 0 Å². The van der Waals surface area contributed by atoms with Crippen molar-refractivity contribution >= 4 is 11.3 Å². The van der Waals surface area contributed by atoms with Crippen molar-refractivity contribution in [3.05, 3.63) is 125 Å². The van der Waals surface area contributed by atoms with E-state index < -0.39 is 0 Å². The third-order valence-corrected chi connectivity index (χ3v) is 6.18. The molecule has 0 heterocycles. The second kappa shape index (κ2) is 5.61. The van der Waals surface area contributed by atoms with Crippen LogP contribution >= 0.6 is 0 Å². The van der Waals surface area contributed by atoms with Crippen LogP contribution in [0.1, 0.15) is 29.2 Å². The maximum Gasteiger partial charge on any atom is 0.0592 e. The van der Waals surface area contributed by atoms with Gasteiger partial charge in [0.1, 0.15) is 0 Å². The van der Waals surface area contributed by atoms with Gasteiger partial charge in [-0.15, -0.1) is 5.73 Å². The minimum absolute atomic E-state index is 0.249. The van der Waals surface area contributed by atoms with E-state index in [0.717, 1.165) is 5.69 Å². The molecule has 0 radical (unpaired) electrons. The zero-order valence-corrected chi connectivity index (χ0v) is 15.3. The van der Waals surface area contributed by atoms with Crippen LogP contribution in [-0.2, 0) is 5.41 Å². The van der Waals surface area contributed by atoms with Gasteiger partial charge in [-0.3, -0.25) is 0 Å². The van der Waals surface area contributed by atoms with E-state index in [9.17, 15) is 0 Å². The van der Waals surface area contributed by atoms with Crippen molar-refractivity contribution in [3.63, 3.8) is 0 Å². The molecule has 0 spiro atoms. The Morgan fingerprint density at radius 2 is 1.44 bits per heavy atom. The van der Waals surface area contributed by atoms with Gasteiger partial charge in [0, 0.05) is 16.7 Å². The number of benzene rings is 3. The molecule has 0 saturated carbocycles. The molecule has 130 valence electrons. The molecule has 5 rings (SSSR count). The first-order valence-corrected chi connectivity index (χ1v) is 9.34. The largest absolute Gasteiger partial charge is 0.399 e. The molecule has 0 fully saturated rings. The lowest BCUT2D eigenvalue weighted by molar-refractivity contribution is 0.403. The summed E-state index contributed by atoms with van der Waals surface area (Å²) >= 11 is 0. The van der Waals surface area contributed by atoms with Crippen LogP contribution in [0.2, 0.25) is 0 Å². The number of anilines is 1. The Kier molecular flexibility index (Phi) is 3.31. The Morgan fingerprint density at radius 3 is 2.07 bits per heavy atom. The van der Waals surface area contributed by atoms with E-state index in [1.54, 1.807) is 0 Å². The van der Waals surface area contributed by atoms with Crippen molar-refractivity contribution in [2.24, 2.45) is 5.41 Å². The summed E-state index contributed by atoms with van der Waals surface area (Å²) in [4.78, 5) is 0. The summed E-state index contributed by atoms with van der Waals surface area (Å²) < 4.78 is 0. The molecule has 2 aliphatic carbocycles. The SMILES string of the molecule is CC12C=CC=C=C1c1cc(N)ccc1C2(c1ccccc1)c1ccccc1. The van der Waals surface area contributed by atoms with Crippen molar-refractivity contribution in [2.45, 2.75) is 12.3 Å². The highest BCUT2D eigenvalue weighted by Gasteiger charge is 2.58.